The van der Waals surface area contributed by atoms with Crippen LogP contribution in [0.1, 0.15) is 18.9 Å². The average molecular weight is 425 g/mol. The number of nitrogens with zero attached hydrogens (tertiary/aromatic N) is 2. The quantitative estimate of drug-likeness (QED) is 0.649. The van der Waals surface area contributed by atoms with Gasteiger partial charge >= 0.3 is 0 Å². The lowest BCUT2D eigenvalue weighted by Crippen LogP contribution is -2.49. The summed E-state index contributed by atoms with van der Waals surface area (Å²) in [6.07, 6.45) is 1.40. The zero-order valence-electron chi connectivity index (χ0n) is 16.4. The van der Waals surface area contributed by atoms with E-state index in [-0.39, 0.29) is 10.9 Å². The monoisotopic (exact) mass is 424 g/mol. The van der Waals surface area contributed by atoms with Gasteiger partial charge in [0.1, 0.15) is 11.8 Å². The number of benzene rings is 2. The lowest BCUT2D eigenvalue weighted by Gasteiger charge is -2.33. The molecule has 2 rings (SSSR count). The van der Waals surface area contributed by atoms with Crippen LogP contribution in [0.25, 0.3) is 0 Å². The molecule has 0 bridgehead atoms. The number of halogens is 1. The smallest absolute Gasteiger partial charge is 0.246 e. The van der Waals surface area contributed by atoms with Crippen molar-refractivity contribution in [2.45, 2.75) is 25.9 Å². The highest BCUT2D eigenvalue weighted by molar-refractivity contribution is 7.92. The molecule has 0 heterocycles. The predicted octanol–water partition coefficient (Wildman–Crippen LogP) is 3.55. The summed E-state index contributed by atoms with van der Waals surface area (Å²) >= 11 is 6.18. The summed E-state index contributed by atoms with van der Waals surface area (Å²) in [5.74, 6) is 0.142. The third-order valence-corrected chi connectivity index (χ3v) is 5.82. The minimum Gasteiger partial charge on any atom is -0.495 e. The van der Waals surface area contributed by atoms with Crippen molar-refractivity contribution in [3.8, 4) is 5.75 Å². The van der Waals surface area contributed by atoms with Crippen LogP contribution in [-0.4, -0.2) is 45.7 Å². The molecular weight excluding hydrogens is 400 g/mol. The summed E-state index contributed by atoms with van der Waals surface area (Å²) in [6.45, 7) is 2.17. The van der Waals surface area contributed by atoms with Crippen LogP contribution >= 0.6 is 11.6 Å². The Labute approximate surface area is 171 Å². The van der Waals surface area contributed by atoms with Crippen LogP contribution in [0.4, 0.5) is 5.69 Å². The molecule has 152 valence electrons. The highest BCUT2D eigenvalue weighted by Crippen LogP contribution is 2.32. The Balaban J connectivity index is 2.37. The second-order valence-corrected chi connectivity index (χ2v) is 8.75. The molecular formula is C20H25ClN2O4S. The van der Waals surface area contributed by atoms with Gasteiger partial charge in [0.05, 0.1) is 24.1 Å². The van der Waals surface area contributed by atoms with Crippen molar-refractivity contribution in [1.29, 1.82) is 0 Å². The van der Waals surface area contributed by atoms with Gasteiger partial charge in [-0.15, -0.1) is 0 Å². The summed E-state index contributed by atoms with van der Waals surface area (Å²) < 4.78 is 31.4. The van der Waals surface area contributed by atoms with Gasteiger partial charge in [-0.1, -0.05) is 48.9 Å². The molecule has 0 aliphatic rings. The van der Waals surface area contributed by atoms with E-state index >= 15 is 0 Å². The third kappa shape index (κ3) is 5.17. The Kier molecular flexibility index (Phi) is 7.32. The van der Waals surface area contributed by atoms with Crippen molar-refractivity contribution in [1.82, 2.24) is 4.90 Å². The molecule has 0 aliphatic carbocycles. The van der Waals surface area contributed by atoms with Crippen LogP contribution in [0, 0.1) is 0 Å². The van der Waals surface area contributed by atoms with E-state index in [0.29, 0.717) is 24.4 Å². The highest BCUT2D eigenvalue weighted by Gasteiger charge is 2.33. The fourth-order valence-electron chi connectivity index (χ4n) is 3.03. The molecule has 8 heteroatoms. The van der Waals surface area contributed by atoms with E-state index in [1.54, 1.807) is 26.1 Å². The second kappa shape index (κ2) is 9.30. The first-order valence-corrected chi connectivity index (χ1v) is 11.0. The summed E-state index contributed by atoms with van der Waals surface area (Å²) in [6, 6.07) is 13.3. The van der Waals surface area contributed by atoms with Crippen LogP contribution in [0.15, 0.2) is 48.5 Å². The molecule has 0 unspecified atom stereocenters. The number of amides is 1. The normalized spacial score (nSPS) is 12.3. The Hall–Kier alpha value is -2.25. The van der Waals surface area contributed by atoms with E-state index in [9.17, 15) is 13.2 Å². The lowest BCUT2D eigenvalue weighted by molar-refractivity contribution is -0.131. The molecule has 0 fully saturated rings. The van der Waals surface area contributed by atoms with Crippen LogP contribution in [0.3, 0.4) is 0 Å². The van der Waals surface area contributed by atoms with Crippen molar-refractivity contribution in [3.05, 3.63) is 59.1 Å². The minimum atomic E-state index is -3.73. The Morgan fingerprint density at radius 1 is 1.18 bits per heavy atom. The van der Waals surface area contributed by atoms with Crippen LogP contribution in [0.2, 0.25) is 5.02 Å². The lowest BCUT2D eigenvalue weighted by atomic mass is 10.1. The zero-order valence-corrected chi connectivity index (χ0v) is 18.0. The first-order chi connectivity index (χ1) is 13.2. The van der Waals surface area contributed by atoms with Gasteiger partial charge in [0, 0.05) is 13.6 Å². The van der Waals surface area contributed by atoms with Gasteiger partial charge < -0.3 is 9.64 Å². The fourth-order valence-corrected chi connectivity index (χ4v) is 4.48. The number of hydrogen-bond donors (Lipinski definition) is 0. The number of hydrogen-bond acceptors (Lipinski definition) is 4. The number of anilines is 1. The highest BCUT2D eigenvalue weighted by atomic mass is 35.5. The molecule has 6 nitrogen and oxygen atoms in total. The van der Waals surface area contributed by atoms with Crippen molar-refractivity contribution in [3.63, 3.8) is 0 Å². The van der Waals surface area contributed by atoms with Crippen LogP contribution in [0.5, 0.6) is 5.75 Å². The topological polar surface area (TPSA) is 66.9 Å². The Morgan fingerprint density at radius 3 is 2.32 bits per heavy atom. The Bertz CT molecular complexity index is 919. The number of likely N-dealkylation sites (N-methyl/N-ethyl adjacent to an activating group) is 1. The van der Waals surface area contributed by atoms with Gasteiger partial charge in [-0.25, -0.2) is 8.42 Å². The second-order valence-electron chi connectivity index (χ2n) is 6.48. The number of ether oxygens (including phenoxy) is 1. The van der Waals surface area contributed by atoms with Crippen molar-refractivity contribution >= 4 is 33.2 Å². The molecule has 0 saturated carbocycles. The molecule has 1 amide bonds. The number of carbonyl (C=O) groups excluding carboxylic acids is 1. The molecule has 0 radical (unpaired) electrons. The average Bonchev–Trinajstić information content (AvgIpc) is 2.65. The SMILES string of the molecule is CC[C@H](C(=O)N(C)Cc1ccccc1)N(c1ccc(OC)c(Cl)c1)S(C)(=O)=O. The molecule has 2 aromatic rings. The zero-order chi connectivity index (χ0) is 20.9. The maximum absolute atomic E-state index is 13.1. The van der Waals surface area contributed by atoms with Crippen LogP contribution < -0.4 is 9.04 Å². The molecule has 2 aromatic carbocycles. The molecule has 0 saturated heterocycles. The largest absolute Gasteiger partial charge is 0.495 e. The summed E-state index contributed by atoms with van der Waals surface area (Å²) in [4.78, 5) is 14.6. The van der Waals surface area contributed by atoms with Crippen molar-refractivity contribution < 1.29 is 17.9 Å². The third-order valence-electron chi connectivity index (χ3n) is 4.34. The first-order valence-electron chi connectivity index (χ1n) is 8.80. The maximum atomic E-state index is 13.1. The van der Waals surface area contributed by atoms with E-state index in [2.05, 4.69) is 0 Å². The fraction of sp³-hybridized carbons (Fsp3) is 0.350. The van der Waals surface area contributed by atoms with E-state index in [0.717, 1.165) is 16.1 Å². The minimum absolute atomic E-state index is 0.272. The molecule has 1 atom stereocenters. The number of sulfonamides is 1. The first kappa shape index (κ1) is 22.0. The van der Waals surface area contributed by atoms with E-state index in [4.69, 9.17) is 16.3 Å². The van der Waals surface area contributed by atoms with Gasteiger partial charge in [0.2, 0.25) is 15.9 Å². The standard InChI is InChI=1S/C20H25ClN2O4S/c1-5-18(20(24)22(2)14-15-9-7-6-8-10-15)23(28(4,25)26)16-11-12-19(27-3)17(21)13-16/h6-13,18H,5,14H2,1-4H3/t18-/m1/s1. The summed E-state index contributed by atoms with van der Waals surface area (Å²) in [5, 5.41) is 0.272. The molecule has 0 spiro atoms. The molecule has 0 N–H and O–H groups in total. The summed E-state index contributed by atoms with van der Waals surface area (Å²) in [7, 11) is -0.586. The van der Waals surface area contributed by atoms with E-state index in [1.807, 2.05) is 30.3 Å². The maximum Gasteiger partial charge on any atom is 0.246 e. The number of rotatable bonds is 8. The number of carbonyl (C=O) groups is 1. The van der Waals surface area contributed by atoms with Gasteiger partial charge in [0.15, 0.2) is 0 Å². The Morgan fingerprint density at radius 2 is 1.82 bits per heavy atom. The van der Waals surface area contributed by atoms with Gasteiger partial charge in [0.25, 0.3) is 0 Å². The predicted molar refractivity (Wildman–Crippen MR) is 112 cm³/mol. The van der Waals surface area contributed by atoms with Gasteiger partial charge in [-0.05, 0) is 30.2 Å². The molecule has 0 aliphatic heterocycles. The van der Waals surface area contributed by atoms with Gasteiger partial charge in [-0.3, -0.25) is 9.10 Å². The van der Waals surface area contributed by atoms with Crippen LogP contribution in [-0.2, 0) is 21.4 Å². The van der Waals surface area contributed by atoms with Crippen molar-refractivity contribution in [2.75, 3.05) is 24.7 Å². The molecule has 0 aromatic heterocycles. The molecule has 28 heavy (non-hydrogen) atoms. The van der Waals surface area contributed by atoms with E-state index in [1.165, 1.54) is 18.1 Å². The van der Waals surface area contributed by atoms with E-state index < -0.39 is 16.1 Å². The number of methoxy groups -OCH3 is 1. The van der Waals surface area contributed by atoms with Crippen molar-refractivity contribution in [2.24, 2.45) is 0 Å². The van der Waals surface area contributed by atoms with Gasteiger partial charge in [-0.2, -0.15) is 0 Å². The summed E-state index contributed by atoms with van der Waals surface area (Å²) in [5.41, 5.74) is 1.29.